The summed E-state index contributed by atoms with van der Waals surface area (Å²) in [5.41, 5.74) is 4.05. The molecule has 0 spiro atoms. The molecule has 0 aromatic heterocycles. The summed E-state index contributed by atoms with van der Waals surface area (Å²) in [5.74, 6) is -0.00351. The van der Waals surface area contributed by atoms with E-state index in [-0.39, 0.29) is 11.8 Å². The Balaban J connectivity index is 1.87. The fourth-order valence-electron chi connectivity index (χ4n) is 2.62. The topological polar surface area (TPSA) is 49.4 Å². The molecule has 2 aromatic carbocycles. The lowest BCUT2D eigenvalue weighted by Gasteiger charge is -2.26. The fraction of sp³-hybridized carbons (Fsp3) is 0.158. The van der Waals surface area contributed by atoms with Crippen molar-refractivity contribution in [1.29, 1.82) is 0 Å². The maximum atomic E-state index is 12.6. The van der Waals surface area contributed by atoms with Crippen LogP contribution in [0.2, 0.25) is 0 Å². The van der Waals surface area contributed by atoms with E-state index in [9.17, 15) is 9.59 Å². The van der Waals surface area contributed by atoms with Gasteiger partial charge in [0.25, 0.3) is 0 Å². The summed E-state index contributed by atoms with van der Waals surface area (Å²) in [6, 6.07) is 15.1. The Hall–Kier alpha value is -2.88. The molecule has 4 nitrogen and oxygen atoms in total. The molecule has 116 valence electrons. The molecule has 23 heavy (non-hydrogen) atoms. The van der Waals surface area contributed by atoms with Gasteiger partial charge in [-0.2, -0.15) is 0 Å². The molecule has 2 aromatic rings. The van der Waals surface area contributed by atoms with Gasteiger partial charge in [0.15, 0.2) is 5.78 Å². The van der Waals surface area contributed by atoms with Crippen LogP contribution >= 0.6 is 0 Å². The smallest absolute Gasteiger partial charge is 0.321 e. The number of benzene rings is 2. The van der Waals surface area contributed by atoms with Crippen molar-refractivity contribution in [3.8, 4) is 0 Å². The van der Waals surface area contributed by atoms with Gasteiger partial charge in [0.05, 0.1) is 0 Å². The third kappa shape index (κ3) is 3.16. The zero-order valence-corrected chi connectivity index (χ0v) is 13.2. The van der Waals surface area contributed by atoms with Gasteiger partial charge in [0.1, 0.15) is 0 Å². The van der Waals surface area contributed by atoms with Gasteiger partial charge in [-0.05, 0) is 47.9 Å². The van der Waals surface area contributed by atoms with E-state index in [0.29, 0.717) is 17.7 Å². The summed E-state index contributed by atoms with van der Waals surface area (Å²) in [4.78, 5) is 25.8. The fourth-order valence-corrected chi connectivity index (χ4v) is 2.62. The number of allylic oxidation sites excluding steroid dienone is 1. The van der Waals surface area contributed by atoms with Gasteiger partial charge in [0, 0.05) is 24.8 Å². The van der Waals surface area contributed by atoms with Crippen molar-refractivity contribution in [3.63, 3.8) is 0 Å². The molecule has 1 aliphatic rings. The number of carbonyl (C=O) groups is 2. The maximum Gasteiger partial charge on any atom is 0.321 e. The molecular weight excluding hydrogens is 288 g/mol. The number of ketones is 1. The van der Waals surface area contributed by atoms with Gasteiger partial charge < -0.3 is 10.2 Å². The summed E-state index contributed by atoms with van der Waals surface area (Å²) in [5, 5.41) is 2.81. The summed E-state index contributed by atoms with van der Waals surface area (Å²) < 4.78 is 0. The minimum Gasteiger partial charge on any atom is -0.323 e. The molecule has 1 aliphatic heterocycles. The number of urea groups is 1. The second kappa shape index (κ2) is 6.08. The molecule has 0 unspecified atom stereocenters. The van der Waals surface area contributed by atoms with Crippen molar-refractivity contribution >= 4 is 23.6 Å². The van der Waals surface area contributed by atoms with E-state index in [4.69, 9.17) is 0 Å². The van der Waals surface area contributed by atoms with Crippen LogP contribution in [0.25, 0.3) is 6.08 Å². The van der Waals surface area contributed by atoms with Crippen LogP contribution in [0.5, 0.6) is 0 Å². The Bertz CT molecular complexity index is 794. The van der Waals surface area contributed by atoms with Gasteiger partial charge in [-0.15, -0.1) is 0 Å². The Kier molecular flexibility index (Phi) is 3.98. The van der Waals surface area contributed by atoms with Crippen LogP contribution in [-0.4, -0.2) is 23.8 Å². The molecule has 0 saturated carbocycles. The van der Waals surface area contributed by atoms with Crippen LogP contribution in [0.1, 0.15) is 28.4 Å². The van der Waals surface area contributed by atoms with Crippen LogP contribution in [-0.2, 0) is 6.54 Å². The summed E-state index contributed by atoms with van der Waals surface area (Å²) in [6.07, 6.45) is 1.88. The number of anilines is 1. The van der Waals surface area contributed by atoms with Crippen molar-refractivity contribution in [2.24, 2.45) is 0 Å². The number of rotatable bonds is 3. The highest BCUT2D eigenvalue weighted by Gasteiger charge is 2.20. The average Bonchev–Trinajstić information content (AvgIpc) is 2.55. The minimum absolute atomic E-state index is 0.00351. The van der Waals surface area contributed by atoms with Crippen molar-refractivity contribution in [2.75, 3.05) is 12.4 Å². The van der Waals surface area contributed by atoms with Gasteiger partial charge in [0.2, 0.25) is 0 Å². The lowest BCUT2D eigenvalue weighted by Crippen LogP contribution is -2.35. The second-order valence-corrected chi connectivity index (χ2v) is 5.73. The number of nitrogens with one attached hydrogen (secondary N) is 1. The Morgan fingerprint density at radius 1 is 1.17 bits per heavy atom. The first-order valence-electron chi connectivity index (χ1n) is 7.47. The summed E-state index contributed by atoms with van der Waals surface area (Å²) in [7, 11) is 1.73. The summed E-state index contributed by atoms with van der Waals surface area (Å²) in [6.45, 7) is 2.33. The lowest BCUT2D eigenvalue weighted by molar-refractivity contribution is 0.103. The summed E-state index contributed by atoms with van der Waals surface area (Å²) >= 11 is 0. The predicted octanol–water partition coefficient (Wildman–Crippen LogP) is 3.95. The number of Topliss-reactive ketones (excluding diaryl/α,β-unsaturated/α-hetero) is 1. The molecule has 0 aliphatic carbocycles. The largest absolute Gasteiger partial charge is 0.323 e. The van der Waals surface area contributed by atoms with Crippen molar-refractivity contribution < 1.29 is 9.59 Å². The highest BCUT2D eigenvalue weighted by Crippen LogP contribution is 2.25. The zero-order chi connectivity index (χ0) is 16.4. The van der Waals surface area contributed by atoms with Gasteiger partial charge in [-0.25, -0.2) is 4.79 Å². The van der Waals surface area contributed by atoms with E-state index >= 15 is 0 Å². The number of fused-ring (bicyclic) bond motifs is 1. The maximum absolute atomic E-state index is 12.6. The highest BCUT2D eigenvalue weighted by molar-refractivity contribution is 6.11. The van der Waals surface area contributed by atoms with E-state index in [1.165, 1.54) is 0 Å². The first-order valence-corrected chi connectivity index (χ1v) is 7.47. The monoisotopic (exact) mass is 306 g/mol. The van der Waals surface area contributed by atoms with Crippen LogP contribution in [0, 0.1) is 0 Å². The molecule has 2 amide bonds. The Labute approximate surface area is 135 Å². The minimum atomic E-state index is -0.128. The Morgan fingerprint density at radius 3 is 2.65 bits per heavy atom. The van der Waals surface area contributed by atoms with Crippen LogP contribution in [0.4, 0.5) is 10.5 Å². The molecule has 1 N–H and O–H groups in total. The van der Waals surface area contributed by atoms with E-state index < -0.39 is 0 Å². The van der Waals surface area contributed by atoms with Crippen molar-refractivity contribution in [3.05, 3.63) is 70.8 Å². The predicted molar refractivity (Wildman–Crippen MR) is 91.4 cm³/mol. The number of hydrogen-bond acceptors (Lipinski definition) is 2. The molecule has 0 saturated heterocycles. The Morgan fingerprint density at radius 2 is 1.91 bits per heavy atom. The standard InChI is InChI=1S/C19H18N2O2/c1-13(10-14-6-4-3-5-7-14)18(22)15-8-9-17-16(11-15)12-21(2)19(23)20-17/h3-11H,12H2,1-2H3,(H,20,23)/b13-10-. The van der Waals surface area contributed by atoms with Crippen LogP contribution < -0.4 is 5.32 Å². The van der Waals surface area contributed by atoms with E-state index in [1.807, 2.05) is 49.4 Å². The molecule has 0 atom stereocenters. The molecule has 4 heteroatoms. The number of hydrogen-bond donors (Lipinski definition) is 1. The third-order valence-electron chi connectivity index (χ3n) is 3.90. The zero-order valence-electron chi connectivity index (χ0n) is 13.2. The van der Waals surface area contributed by atoms with Crippen molar-refractivity contribution in [2.45, 2.75) is 13.5 Å². The van der Waals surface area contributed by atoms with Crippen molar-refractivity contribution in [1.82, 2.24) is 4.90 Å². The number of carbonyl (C=O) groups excluding carboxylic acids is 2. The van der Waals surface area contributed by atoms with Gasteiger partial charge >= 0.3 is 6.03 Å². The molecule has 0 fully saturated rings. The average molecular weight is 306 g/mol. The van der Waals surface area contributed by atoms with E-state index in [1.54, 1.807) is 24.1 Å². The highest BCUT2D eigenvalue weighted by atomic mass is 16.2. The van der Waals surface area contributed by atoms with Gasteiger partial charge in [-0.1, -0.05) is 30.3 Å². The van der Waals surface area contributed by atoms with E-state index in [0.717, 1.165) is 16.8 Å². The van der Waals surface area contributed by atoms with Crippen LogP contribution in [0.15, 0.2) is 54.1 Å². The molecule has 0 radical (unpaired) electrons. The van der Waals surface area contributed by atoms with E-state index in [2.05, 4.69) is 5.32 Å². The number of amides is 2. The quantitative estimate of drug-likeness (QED) is 0.689. The third-order valence-corrected chi connectivity index (χ3v) is 3.90. The number of nitrogens with zero attached hydrogens (tertiary/aromatic N) is 1. The second-order valence-electron chi connectivity index (χ2n) is 5.73. The lowest BCUT2D eigenvalue weighted by atomic mass is 9.99. The molecule has 1 heterocycles. The SMILES string of the molecule is C/C(=C/c1ccccc1)C(=O)c1ccc2c(c1)CN(C)C(=O)N2. The van der Waals surface area contributed by atoms with Gasteiger partial charge in [-0.3, -0.25) is 4.79 Å². The first kappa shape index (κ1) is 15.0. The first-order chi connectivity index (χ1) is 11.0. The normalized spacial score (nSPS) is 14.3. The molecule has 3 rings (SSSR count). The molecule has 0 bridgehead atoms. The van der Waals surface area contributed by atoms with Crippen LogP contribution in [0.3, 0.4) is 0 Å². The molecular formula is C19H18N2O2.